The predicted molar refractivity (Wildman–Crippen MR) is 67.0 cm³/mol. The van der Waals surface area contributed by atoms with Gasteiger partial charge in [0.1, 0.15) is 0 Å². The fourth-order valence-electron chi connectivity index (χ4n) is 0.999. The van der Waals surface area contributed by atoms with Crippen LogP contribution in [0.1, 0.15) is 23.6 Å². The van der Waals surface area contributed by atoms with Crippen LogP contribution in [0, 0.1) is 0 Å². The van der Waals surface area contributed by atoms with Gasteiger partial charge in [0.05, 0.1) is 11.1 Å². The quantitative estimate of drug-likeness (QED) is 0.317. The Kier molecular flexibility index (Phi) is 15.8. The molecule has 0 saturated carbocycles. The van der Waals surface area contributed by atoms with Crippen molar-refractivity contribution in [2.24, 2.45) is 0 Å². The maximum Gasteiger partial charge on any atom is 1.00 e. The zero-order valence-electron chi connectivity index (χ0n) is 13.9. The largest absolute Gasteiger partial charge is 1.00 e. The Bertz CT molecular complexity index is 529. The Balaban J connectivity index is -0.0000000910. The molecule has 1 rings (SSSR count). The molecule has 1 aromatic carbocycles. The topological polar surface area (TPSA) is 149 Å². The Morgan fingerprint density at radius 1 is 0.727 bits per heavy atom. The van der Waals surface area contributed by atoms with Crippen LogP contribution >= 0.6 is 0 Å². The van der Waals surface area contributed by atoms with Gasteiger partial charge < -0.3 is 23.3 Å². The van der Waals surface area contributed by atoms with Crippen LogP contribution in [-0.2, 0) is 9.59 Å². The number of carboxylic acid groups (broad SMARTS) is 4. The van der Waals surface area contributed by atoms with E-state index in [2.05, 4.69) is 0 Å². The minimum atomic E-state index is -1.26. The molecule has 110 valence electrons. The molecule has 0 atom stereocenters. The second kappa shape index (κ2) is 13.5. The molecule has 0 amide bonds. The van der Waals surface area contributed by atoms with Gasteiger partial charge in [-0.25, -0.2) is 19.2 Å². The number of carbonyl (C=O) groups is 4. The summed E-state index contributed by atoms with van der Waals surface area (Å²) in [7, 11) is 0. The molecule has 0 aromatic heterocycles. The van der Waals surface area contributed by atoms with Gasteiger partial charge in [-0.05, 0) is 12.1 Å². The van der Waals surface area contributed by atoms with Gasteiger partial charge in [-0.2, -0.15) is 0 Å². The van der Waals surface area contributed by atoms with Crippen molar-refractivity contribution in [1.82, 2.24) is 0 Å². The molecule has 22 heavy (non-hydrogen) atoms. The van der Waals surface area contributed by atoms with Gasteiger partial charge in [0.2, 0.25) is 0 Å². The number of carboxylic acids is 4. The van der Waals surface area contributed by atoms with E-state index in [1.54, 1.807) is 0 Å². The predicted octanol–water partition coefficient (Wildman–Crippen LogP) is -4.97. The minimum absolute atomic E-state index is 0. The zero-order chi connectivity index (χ0) is 15.7. The molecule has 0 aliphatic heterocycles. The maximum atomic E-state index is 10.5. The van der Waals surface area contributed by atoms with Crippen LogP contribution in [0.3, 0.4) is 0 Å². The molecule has 0 saturated heterocycles. The first-order chi connectivity index (χ1) is 9.25. The number of aliphatic carboxylic acids is 2. The Hall–Kier alpha value is -1.16. The molecule has 0 bridgehead atoms. The molecule has 10 heteroatoms. The van der Waals surface area contributed by atoms with Gasteiger partial charge in [0.25, 0.3) is 0 Å². The SMILES string of the molecule is O=C(O)/C=C\C(=O)O.O=C(O)c1ccccc1C(=O)O.[H-].[H-].[Na+].[Na+]. The molecular weight excluding hydrogens is 318 g/mol. The van der Waals surface area contributed by atoms with Crippen LogP contribution in [0.4, 0.5) is 0 Å². The van der Waals surface area contributed by atoms with Crippen LogP contribution in [-0.4, -0.2) is 44.3 Å². The average Bonchev–Trinajstić information content (AvgIpc) is 2.37. The van der Waals surface area contributed by atoms with Gasteiger partial charge in [-0.3, -0.25) is 0 Å². The second-order valence-electron chi connectivity index (χ2n) is 3.17. The van der Waals surface area contributed by atoms with Gasteiger partial charge in [0.15, 0.2) is 0 Å². The summed E-state index contributed by atoms with van der Waals surface area (Å²) in [5.41, 5.74) is -0.380. The second-order valence-corrected chi connectivity index (χ2v) is 3.17. The van der Waals surface area contributed by atoms with Gasteiger partial charge in [-0.1, -0.05) is 12.1 Å². The summed E-state index contributed by atoms with van der Waals surface area (Å²) in [5.74, 6) is -4.97. The van der Waals surface area contributed by atoms with E-state index in [1.165, 1.54) is 24.3 Å². The Morgan fingerprint density at radius 3 is 1.18 bits per heavy atom. The van der Waals surface area contributed by atoms with E-state index in [1.807, 2.05) is 0 Å². The molecule has 0 radical (unpaired) electrons. The van der Waals surface area contributed by atoms with Crippen molar-refractivity contribution in [2.45, 2.75) is 0 Å². The third-order valence-electron chi connectivity index (χ3n) is 1.76. The van der Waals surface area contributed by atoms with Crippen molar-refractivity contribution in [1.29, 1.82) is 0 Å². The van der Waals surface area contributed by atoms with Crippen molar-refractivity contribution < 1.29 is 102 Å². The average molecular weight is 330 g/mol. The van der Waals surface area contributed by atoms with E-state index >= 15 is 0 Å². The third kappa shape index (κ3) is 11.5. The summed E-state index contributed by atoms with van der Waals surface area (Å²) >= 11 is 0. The van der Waals surface area contributed by atoms with Crippen molar-refractivity contribution in [2.75, 3.05) is 0 Å². The molecule has 0 aliphatic carbocycles. The molecule has 8 nitrogen and oxygen atoms in total. The van der Waals surface area contributed by atoms with Crippen LogP contribution in [0.25, 0.3) is 0 Å². The first kappa shape index (κ1) is 25.8. The zero-order valence-corrected chi connectivity index (χ0v) is 15.9. The minimum Gasteiger partial charge on any atom is -1.00 e. The fourth-order valence-corrected chi connectivity index (χ4v) is 0.999. The van der Waals surface area contributed by atoms with Gasteiger partial charge >= 0.3 is 83.0 Å². The van der Waals surface area contributed by atoms with E-state index < -0.39 is 23.9 Å². The van der Waals surface area contributed by atoms with E-state index in [4.69, 9.17) is 20.4 Å². The summed E-state index contributed by atoms with van der Waals surface area (Å²) in [4.78, 5) is 40.0. The number of hydrogen-bond acceptors (Lipinski definition) is 4. The Labute approximate surface area is 172 Å². The molecule has 0 unspecified atom stereocenters. The van der Waals surface area contributed by atoms with E-state index in [-0.39, 0.29) is 73.1 Å². The monoisotopic (exact) mass is 330 g/mol. The van der Waals surface area contributed by atoms with Crippen LogP contribution < -0.4 is 59.1 Å². The van der Waals surface area contributed by atoms with E-state index in [9.17, 15) is 19.2 Å². The summed E-state index contributed by atoms with van der Waals surface area (Å²) in [5, 5.41) is 32.7. The summed E-state index contributed by atoms with van der Waals surface area (Å²) < 4.78 is 0. The molecule has 0 aliphatic rings. The van der Waals surface area contributed by atoms with Crippen LogP contribution in [0.2, 0.25) is 0 Å². The first-order valence-corrected chi connectivity index (χ1v) is 4.95. The van der Waals surface area contributed by atoms with Crippen molar-refractivity contribution in [3.05, 3.63) is 47.5 Å². The number of rotatable bonds is 4. The summed E-state index contributed by atoms with van der Waals surface area (Å²) in [6.07, 6.45) is 1.12. The normalized spacial score (nSPS) is 8.55. The number of hydrogen-bond donors (Lipinski definition) is 4. The maximum absolute atomic E-state index is 10.5. The summed E-state index contributed by atoms with van der Waals surface area (Å²) in [6.45, 7) is 0. The number of aromatic carboxylic acids is 2. The number of benzene rings is 1. The molecule has 0 heterocycles. The van der Waals surface area contributed by atoms with Crippen molar-refractivity contribution in [3.63, 3.8) is 0 Å². The third-order valence-corrected chi connectivity index (χ3v) is 1.76. The van der Waals surface area contributed by atoms with Gasteiger partial charge in [0, 0.05) is 12.2 Å². The smallest absolute Gasteiger partial charge is 1.00 e. The Morgan fingerprint density at radius 2 is 1.00 bits per heavy atom. The molecule has 1 aromatic rings. The molecular formula is C12H12Na2O8. The first-order valence-electron chi connectivity index (χ1n) is 4.95. The van der Waals surface area contributed by atoms with E-state index in [0.29, 0.717) is 12.2 Å². The molecule has 4 N–H and O–H groups in total. The van der Waals surface area contributed by atoms with Crippen molar-refractivity contribution >= 4 is 23.9 Å². The molecule has 0 spiro atoms. The molecule has 0 fully saturated rings. The van der Waals surface area contributed by atoms with E-state index in [0.717, 1.165) is 0 Å². The fraction of sp³-hybridized carbons (Fsp3) is 0. The van der Waals surface area contributed by atoms with Crippen molar-refractivity contribution in [3.8, 4) is 0 Å². The van der Waals surface area contributed by atoms with Crippen LogP contribution in [0.15, 0.2) is 36.4 Å². The van der Waals surface area contributed by atoms with Gasteiger partial charge in [-0.15, -0.1) is 0 Å². The summed E-state index contributed by atoms with van der Waals surface area (Å²) in [6, 6.07) is 5.48. The van der Waals surface area contributed by atoms with Crippen LogP contribution in [0.5, 0.6) is 0 Å². The standard InChI is InChI=1S/C8H6O4.C4H4O4.2Na.2H/c9-7(10)5-3-1-2-4-6(5)8(11)12;5-3(6)1-2-4(7)8;;;;/h1-4H,(H,9,10)(H,11,12);1-2H,(H,5,6)(H,7,8);;;;/q;;2*+1;2*-1/b;2-1-;;;;.